The van der Waals surface area contributed by atoms with E-state index in [9.17, 15) is 4.46 Å². The van der Waals surface area contributed by atoms with Crippen LogP contribution in [0.2, 0.25) is 12.1 Å². The van der Waals surface area contributed by atoms with E-state index in [0.717, 1.165) is 35.5 Å². The molecule has 0 aromatic carbocycles. The molecule has 1 nitrogen and oxygen atoms in total. The Balaban J connectivity index is 1.71. The van der Waals surface area contributed by atoms with Crippen LogP contribution in [0.15, 0.2) is 12.2 Å². The monoisotopic (exact) mass is 218 g/mol. The van der Waals surface area contributed by atoms with Crippen molar-refractivity contribution in [1.29, 1.82) is 0 Å². The minimum absolute atomic E-state index is 0.619. The van der Waals surface area contributed by atoms with Gasteiger partial charge in [0.15, 0.2) is 0 Å². The van der Waals surface area contributed by atoms with Crippen molar-refractivity contribution in [3.63, 3.8) is 0 Å². The highest BCUT2D eigenvalue weighted by Gasteiger charge is 2.61. The smallest absolute Gasteiger partial charge is 0.276 e. The maximum Gasteiger partial charge on any atom is 0.276 e. The van der Waals surface area contributed by atoms with Crippen LogP contribution in [-0.4, -0.2) is 8.68 Å². The zero-order valence-corrected chi connectivity index (χ0v) is 10.2. The summed E-state index contributed by atoms with van der Waals surface area (Å²) in [5.41, 5.74) is 0.619. The van der Waals surface area contributed by atoms with Crippen LogP contribution in [0.5, 0.6) is 0 Å². The molecular weight excluding hydrogens is 200 g/mol. The molecule has 0 radical (unpaired) electrons. The molecule has 3 fully saturated rings. The Kier molecular flexibility index (Phi) is 1.60. The Labute approximate surface area is 92.6 Å². The molecule has 4 rings (SSSR count). The largest absolute Gasteiger partial charge is 0.388 e. The van der Waals surface area contributed by atoms with Crippen molar-refractivity contribution in [2.24, 2.45) is 35.5 Å². The molecule has 0 heterocycles. The zero-order chi connectivity index (χ0) is 10.2. The standard InChI is InChI=1S/C13H18OSi/c1-15(14)11-6-9-5-10(11)13-8-3-2-7(4-8)12(9)13/h2-3,7-13H,4-6H2,1H3. The van der Waals surface area contributed by atoms with E-state index in [1.54, 1.807) is 0 Å². The minimum Gasteiger partial charge on any atom is -0.388 e. The van der Waals surface area contributed by atoms with Gasteiger partial charge in [0.25, 0.3) is 8.68 Å². The van der Waals surface area contributed by atoms with Crippen LogP contribution >= 0.6 is 0 Å². The van der Waals surface area contributed by atoms with Gasteiger partial charge in [-0.25, -0.2) is 0 Å². The van der Waals surface area contributed by atoms with E-state index in [0.29, 0.717) is 5.54 Å². The Bertz CT molecular complexity index is 362. The van der Waals surface area contributed by atoms with E-state index >= 15 is 0 Å². The predicted octanol–water partition coefficient (Wildman–Crippen LogP) is 2.89. The van der Waals surface area contributed by atoms with Crippen LogP contribution in [0.3, 0.4) is 0 Å². The molecule has 0 aliphatic heterocycles. The Hall–Kier alpha value is -0.243. The highest BCUT2D eigenvalue weighted by atomic mass is 28.3. The SMILES string of the molecule is C[Si](=O)C1CC2CC1C1C3C=CC(C3)C21. The lowest BCUT2D eigenvalue weighted by Gasteiger charge is -2.35. The Morgan fingerprint density at radius 2 is 1.80 bits per heavy atom. The second-order valence-electron chi connectivity index (χ2n) is 6.22. The lowest BCUT2D eigenvalue weighted by molar-refractivity contribution is 0.202. The molecule has 0 saturated heterocycles. The number of hydrogen-bond acceptors (Lipinski definition) is 1. The molecule has 7 atom stereocenters. The van der Waals surface area contributed by atoms with Gasteiger partial charge in [0.2, 0.25) is 0 Å². The third-order valence-electron chi connectivity index (χ3n) is 5.79. The molecule has 0 aromatic rings. The molecule has 0 amide bonds. The second-order valence-corrected chi connectivity index (χ2v) is 8.18. The van der Waals surface area contributed by atoms with Gasteiger partial charge in [-0.1, -0.05) is 12.2 Å². The zero-order valence-electron chi connectivity index (χ0n) is 9.23. The first-order valence-corrected chi connectivity index (χ1v) is 8.43. The molecule has 0 aromatic heterocycles. The fourth-order valence-corrected chi connectivity index (χ4v) is 7.08. The van der Waals surface area contributed by atoms with E-state index in [-0.39, 0.29) is 0 Å². The summed E-state index contributed by atoms with van der Waals surface area (Å²) in [6, 6.07) is 0. The molecule has 0 N–H and O–H groups in total. The van der Waals surface area contributed by atoms with Gasteiger partial charge < -0.3 is 4.46 Å². The highest BCUT2D eigenvalue weighted by Crippen LogP contribution is 2.68. The van der Waals surface area contributed by atoms with Crippen molar-refractivity contribution in [2.45, 2.75) is 31.4 Å². The van der Waals surface area contributed by atoms with Crippen molar-refractivity contribution in [3.8, 4) is 0 Å². The Morgan fingerprint density at radius 3 is 2.53 bits per heavy atom. The summed E-state index contributed by atoms with van der Waals surface area (Å²) in [4.78, 5) is 0. The van der Waals surface area contributed by atoms with Crippen molar-refractivity contribution in [1.82, 2.24) is 0 Å². The minimum atomic E-state index is -1.27. The quantitative estimate of drug-likeness (QED) is 0.376. The third kappa shape index (κ3) is 0.949. The van der Waals surface area contributed by atoms with Crippen molar-refractivity contribution < 1.29 is 4.46 Å². The maximum atomic E-state index is 11.8. The van der Waals surface area contributed by atoms with Gasteiger partial charge >= 0.3 is 0 Å². The van der Waals surface area contributed by atoms with Crippen LogP contribution in [0, 0.1) is 35.5 Å². The summed E-state index contributed by atoms with van der Waals surface area (Å²) in [7, 11) is -1.27. The van der Waals surface area contributed by atoms with Gasteiger partial charge in [0.05, 0.1) is 0 Å². The van der Waals surface area contributed by atoms with Crippen LogP contribution < -0.4 is 0 Å². The molecule has 2 heteroatoms. The molecule has 3 saturated carbocycles. The van der Waals surface area contributed by atoms with E-state index in [1.807, 2.05) is 6.55 Å². The van der Waals surface area contributed by atoms with Gasteiger partial charge in [-0.05, 0) is 61.3 Å². The van der Waals surface area contributed by atoms with E-state index in [1.165, 1.54) is 19.3 Å². The topological polar surface area (TPSA) is 17.1 Å². The normalized spacial score (nSPS) is 58.9. The van der Waals surface area contributed by atoms with Gasteiger partial charge in [-0.2, -0.15) is 0 Å². The van der Waals surface area contributed by atoms with E-state index in [2.05, 4.69) is 12.2 Å². The molecule has 4 bridgehead atoms. The van der Waals surface area contributed by atoms with Gasteiger partial charge in [0.1, 0.15) is 0 Å². The first kappa shape index (κ1) is 8.86. The summed E-state index contributed by atoms with van der Waals surface area (Å²) in [5, 5.41) is 0. The average Bonchev–Trinajstić information content (AvgIpc) is 2.95. The molecule has 15 heavy (non-hydrogen) atoms. The lowest BCUT2D eigenvalue weighted by Crippen LogP contribution is -2.31. The van der Waals surface area contributed by atoms with E-state index in [4.69, 9.17) is 0 Å². The van der Waals surface area contributed by atoms with E-state index < -0.39 is 8.68 Å². The van der Waals surface area contributed by atoms with Crippen LogP contribution in [0.1, 0.15) is 19.3 Å². The molecule has 7 unspecified atom stereocenters. The second kappa shape index (κ2) is 2.71. The summed E-state index contributed by atoms with van der Waals surface area (Å²) in [5.74, 6) is 5.52. The average molecular weight is 218 g/mol. The number of fused-ring (bicyclic) bond motifs is 9. The predicted molar refractivity (Wildman–Crippen MR) is 60.0 cm³/mol. The fourth-order valence-electron chi connectivity index (χ4n) is 5.48. The third-order valence-corrected chi connectivity index (χ3v) is 7.50. The first-order chi connectivity index (χ1) is 7.25. The van der Waals surface area contributed by atoms with Gasteiger partial charge in [-0.15, -0.1) is 0 Å². The van der Waals surface area contributed by atoms with Crippen LogP contribution in [-0.2, 0) is 4.46 Å². The summed E-state index contributed by atoms with van der Waals surface area (Å²) < 4.78 is 11.8. The number of allylic oxidation sites excluding steroid dienone is 2. The number of hydrogen-bond donors (Lipinski definition) is 0. The number of rotatable bonds is 1. The molecule has 4 aliphatic rings. The summed E-state index contributed by atoms with van der Waals surface area (Å²) in [6.07, 6.45) is 9.10. The fraction of sp³-hybridized carbons (Fsp3) is 0.846. The molecule has 80 valence electrons. The van der Waals surface area contributed by atoms with Gasteiger partial charge in [-0.3, -0.25) is 0 Å². The van der Waals surface area contributed by atoms with Crippen molar-refractivity contribution in [3.05, 3.63) is 12.2 Å². The molecule has 4 aliphatic carbocycles. The van der Waals surface area contributed by atoms with Crippen LogP contribution in [0.4, 0.5) is 0 Å². The maximum absolute atomic E-state index is 11.8. The lowest BCUT2D eigenvalue weighted by atomic mass is 9.73. The highest BCUT2D eigenvalue weighted by molar-refractivity contribution is 6.43. The van der Waals surface area contributed by atoms with Gasteiger partial charge in [0, 0.05) is 5.54 Å². The van der Waals surface area contributed by atoms with Crippen molar-refractivity contribution >= 4 is 8.68 Å². The van der Waals surface area contributed by atoms with Crippen LogP contribution in [0.25, 0.3) is 0 Å². The summed E-state index contributed by atoms with van der Waals surface area (Å²) >= 11 is 0. The molecule has 0 spiro atoms. The summed E-state index contributed by atoms with van der Waals surface area (Å²) in [6.45, 7) is 1.99. The molecular formula is C13H18OSi. The first-order valence-electron chi connectivity index (χ1n) is 6.44. The van der Waals surface area contributed by atoms with Crippen molar-refractivity contribution in [2.75, 3.05) is 0 Å². The Morgan fingerprint density at radius 1 is 1.07 bits per heavy atom.